The molecule has 1 atom stereocenters. The van der Waals surface area contributed by atoms with E-state index < -0.39 is 5.92 Å². The van der Waals surface area contributed by atoms with E-state index in [0.717, 1.165) is 32.3 Å². The molecule has 2 aromatic rings. The van der Waals surface area contributed by atoms with Gasteiger partial charge in [0.25, 0.3) is 5.91 Å². The van der Waals surface area contributed by atoms with Gasteiger partial charge >= 0.3 is 0 Å². The fourth-order valence-corrected chi connectivity index (χ4v) is 4.86. The average Bonchev–Trinajstić information content (AvgIpc) is 2.68. The molecule has 1 amide bonds. The summed E-state index contributed by atoms with van der Waals surface area (Å²) >= 11 is 6.83. The van der Waals surface area contributed by atoms with E-state index >= 15 is 0 Å². The van der Waals surface area contributed by atoms with Crippen LogP contribution in [0.2, 0.25) is 0 Å². The van der Waals surface area contributed by atoms with Gasteiger partial charge in [-0.3, -0.25) is 9.59 Å². The zero-order valence-electron chi connectivity index (χ0n) is 17.6. The molecule has 4 rings (SSSR count). The number of nitrogens with zero attached hydrogens (tertiary/aromatic N) is 1. The van der Waals surface area contributed by atoms with Crippen LogP contribution in [0, 0.1) is 5.41 Å². The third-order valence-corrected chi connectivity index (χ3v) is 6.65. The van der Waals surface area contributed by atoms with Gasteiger partial charge in [-0.25, -0.2) is 4.98 Å². The summed E-state index contributed by atoms with van der Waals surface area (Å²) in [5.74, 6) is -0.148. The lowest BCUT2D eigenvalue weighted by atomic mass is 9.68. The number of hydrogen-bond acceptors (Lipinski definition) is 4. The van der Waals surface area contributed by atoms with E-state index in [0.29, 0.717) is 23.4 Å². The Morgan fingerprint density at radius 2 is 1.77 bits per heavy atom. The van der Waals surface area contributed by atoms with Crippen LogP contribution in [0.3, 0.4) is 0 Å². The minimum absolute atomic E-state index is 0.0891. The molecule has 1 aliphatic heterocycles. The van der Waals surface area contributed by atoms with E-state index in [4.69, 9.17) is 0 Å². The number of aromatic nitrogens is 1. The number of anilines is 1. The van der Waals surface area contributed by atoms with Crippen molar-refractivity contribution in [2.45, 2.75) is 39.5 Å². The number of carbonyl (C=O) groups is 2. The molecule has 2 N–H and O–H groups in total. The van der Waals surface area contributed by atoms with Crippen LogP contribution in [0.25, 0.3) is 0 Å². The lowest BCUT2D eigenvalue weighted by Gasteiger charge is -2.39. The molecule has 1 aromatic carbocycles. The van der Waals surface area contributed by atoms with Crippen LogP contribution in [-0.2, 0) is 9.59 Å². The highest BCUT2D eigenvalue weighted by molar-refractivity contribution is 9.10. The summed E-state index contributed by atoms with van der Waals surface area (Å²) in [5, 5.41) is 6.28. The highest BCUT2D eigenvalue weighted by Gasteiger charge is 2.42. The van der Waals surface area contributed by atoms with E-state index in [1.165, 1.54) is 0 Å². The lowest BCUT2D eigenvalue weighted by molar-refractivity contribution is -0.118. The fraction of sp³-hybridized carbons (Fsp3) is 0.292. The van der Waals surface area contributed by atoms with Crippen LogP contribution in [0.4, 0.5) is 5.82 Å². The molecule has 0 radical (unpaired) electrons. The second-order valence-corrected chi connectivity index (χ2v) is 10.6. The standard InChI is InChI=1S/C24H23Br2N3O2/c1-13-20(23(31)29-19-9-8-16(26)12-27-19)21(14-4-6-15(25)7-5-14)22-17(28-13)10-24(2,3)11-18(22)30/h4-9,12,21,28H,10-11H2,1-3H3,(H,27,29,31)/t21-/m0/s1. The Labute approximate surface area is 198 Å². The summed E-state index contributed by atoms with van der Waals surface area (Å²) in [5.41, 5.74) is 3.71. The van der Waals surface area contributed by atoms with Crippen molar-refractivity contribution in [1.82, 2.24) is 10.3 Å². The molecule has 5 nitrogen and oxygen atoms in total. The van der Waals surface area contributed by atoms with E-state index in [9.17, 15) is 9.59 Å². The number of allylic oxidation sites excluding steroid dienone is 3. The maximum atomic E-state index is 13.4. The van der Waals surface area contributed by atoms with Gasteiger partial charge in [0.15, 0.2) is 5.78 Å². The van der Waals surface area contributed by atoms with E-state index in [2.05, 4.69) is 61.3 Å². The minimum Gasteiger partial charge on any atom is -0.362 e. The first kappa shape index (κ1) is 22.0. The number of carbonyl (C=O) groups excluding carboxylic acids is 2. The molecule has 0 saturated carbocycles. The van der Waals surface area contributed by atoms with Gasteiger partial charge in [0, 0.05) is 50.0 Å². The molecule has 0 fully saturated rings. The topological polar surface area (TPSA) is 71.1 Å². The molecule has 2 aliphatic rings. The molecule has 2 heterocycles. The Balaban J connectivity index is 1.79. The number of ketones is 1. The lowest BCUT2D eigenvalue weighted by Crippen LogP contribution is -2.39. The molecule has 0 spiro atoms. The van der Waals surface area contributed by atoms with Crippen LogP contribution in [0.1, 0.15) is 45.1 Å². The summed E-state index contributed by atoms with van der Waals surface area (Å²) in [7, 11) is 0. The van der Waals surface area contributed by atoms with Crippen LogP contribution in [0.5, 0.6) is 0 Å². The average molecular weight is 545 g/mol. The van der Waals surface area contributed by atoms with Crippen LogP contribution in [-0.4, -0.2) is 16.7 Å². The monoisotopic (exact) mass is 543 g/mol. The first-order valence-electron chi connectivity index (χ1n) is 10.1. The SMILES string of the molecule is CC1=C(C(=O)Nc2ccc(Br)cn2)[C@H](c2ccc(Br)cc2)C2=C(CC(C)(C)CC2=O)N1. The maximum absolute atomic E-state index is 13.4. The Hall–Kier alpha value is -2.25. The number of benzene rings is 1. The van der Waals surface area contributed by atoms with Crippen LogP contribution >= 0.6 is 31.9 Å². The third-order valence-electron chi connectivity index (χ3n) is 5.66. The number of nitrogens with one attached hydrogen (secondary N) is 2. The second kappa shape index (κ2) is 8.36. The molecular formula is C24H23Br2N3O2. The molecule has 31 heavy (non-hydrogen) atoms. The smallest absolute Gasteiger partial charge is 0.255 e. The zero-order chi connectivity index (χ0) is 22.3. The predicted octanol–water partition coefficient (Wildman–Crippen LogP) is 5.85. The number of pyridine rings is 1. The largest absolute Gasteiger partial charge is 0.362 e. The van der Waals surface area contributed by atoms with Crippen molar-refractivity contribution >= 4 is 49.4 Å². The fourth-order valence-electron chi connectivity index (χ4n) is 4.36. The minimum atomic E-state index is -0.427. The highest BCUT2D eigenvalue weighted by atomic mass is 79.9. The Bertz CT molecular complexity index is 1120. The summed E-state index contributed by atoms with van der Waals surface area (Å²) in [6.45, 7) is 6.10. The van der Waals surface area contributed by atoms with E-state index in [1.807, 2.05) is 37.3 Å². The van der Waals surface area contributed by atoms with Crippen LogP contribution in [0.15, 0.2) is 74.1 Å². The normalized spacial score (nSPS) is 20.3. The predicted molar refractivity (Wildman–Crippen MR) is 128 cm³/mol. The molecule has 160 valence electrons. The molecule has 1 aliphatic carbocycles. The van der Waals surface area contributed by atoms with Crippen molar-refractivity contribution in [2.24, 2.45) is 5.41 Å². The van der Waals surface area contributed by atoms with Crippen molar-refractivity contribution in [3.05, 3.63) is 79.6 Å². The number of amides is 1. The second-order valence-electron chi connectivity index (χ2n) is 8.80. The molecule has 7 heteroatoms. The first-order valence-corrected chi connectivity index (χ1v) is 11.7. The molecular weight excluding hydrogens is 522 g/mol. The molecule has 1 aromatic heterocycles. The molecule has 0 bridgehead atoms. The number of Topliss-reactive ketones (excluding diaryl/α,β-unsaturated/α-hetero) is 1. The highest BCUT2D eigenvalue weighted by Crippen LogP contribution is 2.46. The van der Waals surface area contributed by atoms with Crippen molar-refractivity contribution in [3.63, 3.8) is 0 Å². The number of dihydropyridines is 1. The van der Waals surface area contributed by atoms with Gasteiger partial charge < -0.3 is 10.6 Å². The van der Waals surface area contributed by atoms with E-state index in [-0.39, 0.29) is 17.1 Å². The van der Waals surface area contributed by atoms with Gasteiger partial charge in [-0.2, -0.15) is 0 Å². The van der Waals surface area contributed by atoms with Crippen LogP contribution < -0.4 is 10.6 Å². The zero-order valence-corrected chi connectivity index (χ0v) is 20.7. The maximum Gasteiger partial charge on any atom is 0.255 e. The Kier molecular flexibility index (Phi) is 5.92. The quantitative estimate of drug-likeness (QED) is 0.508. The number of halogens is 2. The van der Waals surface area contributed by atoms with Gasteiger partial charge in [0.05, 0.1) is 0 Å². The Morgan fingerprint density at radius 1 is 1.10 bits per heavy atom. The van der Waals surface area contributed by atoms with Gasteiger partial charge in [0.1, 0.15) is 5.82 Å². The van der Waals surface area contributed by atoms with Gasteiger partial charge in [-0.1, -0.05) is 41.9 Å². The van der Waals surface area contributed by atoms with Crippen molar-refractivity contribution < 1.29 is 9.59 Å². The van der Waals surface area contributed by atoms with E-state index in [1.54, 1.807) is 12.3 Å². The summed E-state index contributed by atoms with van der Waals surface area (Å²) in [6.07, 6.45) is 2.86. The number of rotatable bonds is 3. The third kappa shape index (κ3) is 4.53. The van der Waals surface area contributed by atoms with Crippen molar-refractivity contribution in [2.75, 3.05) is 5.32 Å². The summed E-state index contributed by atoms with van der Waals surface area (Å²) in [6, 6.07) is 11.4. The molecule has 0 saturated heterocycles. The molecule has 0 unspecified atom stereocenters. The van der Waals surface area contributed by atoms with Gasteiger partial charge in [0.2, 0.25) is 0 Å². The number of hydrogen-bond donors (Lipinski definition) is 2. The van der Waals surface area contributed by atoms with Crippen molar-refractivity contribution in [3.8, 4) is 0 Å². The van der Waals surface area contributed by atoms with Crippen molar-refractivity contribution in [1.29, 1.82) is 0 Å². The van der Waals surface area contributed by atoms with Gasteiger partial charge in [-0.05, 0) is 64.5 Å². The Morgan fingerprint density at radius 3 is 2.42 bits per heavy atom. The van der Waals surface area contributed by atoms with Gasteiger partial charge in [-0.15, -0.1) is 0 Å². The summed E-state index contributed by atoms with van der Waals surface area (Å²) < 4.78 is 1.78. The first-order chi connectivity index (χ1) is 14.6. The summed E-state index contributed by atoms with van der Waals surface area (Å²) in [4.78, 5) is 31.0.